The zero-order chi connectivity index (χ0) is 24.8. The summed E-state index contributed by atoms with van der Waals surface area (Å²) in [5, 5.41) is 2.28. The fourth-order valence-corrected chi connectivity index (χ4v) is 5.64. The molecule has 3 amide bonds. The molecule has 1 N–H and O–H groups in total. The van der Waals surface area contributed by atoms with Crippen LogP contribution in [0.3, 0.4) is 0 Å². The van der Waals surface area contributed by atoms with Crippen LogP contribution < -0.4 is 10.2 Å². The molecule has 2 heterocycles. The number of nitrogens with one attached hydrogen (secondary N) is 1. The lowest BCUT2D eigenvalue weighted by Gasteiger charge is -2.45. The average Bonchev–Trinajstić information content (AvgIpc) is 3.02. The predicted octanol–water partition coefficient (Wildman–Crippen LogP) is 6.15. The molecule has 0 bridgehead atoms. The number of fused-ring (bicyclic) bond motifs is 1. The van der Waals surface area contributed by atoms with Crippen molar-refractivity contribution in [2.24, 2.45) is 0 Å². The molecule has 1 unspecified atom stereocenters. The van der Waals surface area contributed by atoms with E-state index in [0.717, 1.165) is 38.7 Å². The molecule has 0 radical (unpaired) electrons. The van der Waals surface area contributed by atoms with Crippen molar-refractivity contribution >= 4 is 62.2 Å². The molecule has 34 heavy (non-hydrogen) atoms. The largest absolute Gasteiger partial charge is 0.369 e. The molecular weight excluding hydrogens is 514 g/mol. The molecular formula is C26H28BrN3O3S. The van der Waals surface area contributed by atoms with Crippen molar-refractivity contribution in [3.63, 3.8) is 0 Å². The van der Waals surface area contributed by atoms with Crippen LogP contribution in [-0.4, -0.2) is 41.1 Å². The van der Waals surface area contributed by atoms with E-state index >= 15 is 0 Å². The maximum atomic E-state index is 13.0. The van der Waals surface area contributed by atoms with Crippen LogP contribution in [0.2, 0.25) is 0 Å². The van der Waals surface area contributed by atoms with Crippen LogP contribution in [0.25, 0.3) is 6.08 Å². The Hall–Kier alpha value is -2.58. The molecule has 2 aromatic rings. The average molecular weight is 542 g/mol. The van der Waals surface area contributed by atoms with Gasteiger partial charge >= 0.3 is 0 Å². The van der Waals surface area contributed by atoms with E-state index in [1.165, 1.54) is 11.3 Å². The molecule has 2 aromatic carbocycles. The first-order valence-electron chi connectivity index (χ1n) is 11.2. The number of hydrogen-bond donors (Lipinski definition) is 1. The number of carbonyl (C=O) groups excluding carboxylic acids is 3. The standard InChI is InChI=1S/C26H28BrN3O3S/c1-15-10-21-20(16(2)13-26(3,4)29(21)5)11-17(15)12-22-24(32)30(25(33)34-22)14-23(31)28-19-8-6-18(27)7-9-19/h6-12,16H,13-14H2,1-5H3,(H,28,31)/b22-12+. The zero-order valence-electron chi connectivity index (χ0n) is 19.9. The minimum atomic E-state index is -0.440. The Kier molecular flexibility index (Phi) is 6.66. The van der Waals surface area contributed by atoms with Gasteiger partial charge in [-0.05, 0) is 104 Å². The summed E-state index contributed by atoms with van der Waals surface area (Å²) >= 11 is 4.22. The number of benzene rings is 2. The summed E-state index contributed by atoms with van der Waals surface area (Å²) in [4.78, 5) is 41.6. The summed E-state index contributed by atoms with van der Waals surface area (Å²) in [6, 6.07) is 11.4. The number of thioether (sulfide) groups is 1. The van der Waals surface area contributed by atoms with Gasteiger partial charge in [0.05, 0.1) is 4.91 Å². The lowest BCUT2D eigenvalue weighted by Crippen LogP contribution is -2.45. The number of amides is 3. The lowest BCUT2D eigenvalue weighted by molar-refractivity contribution is -0.127. The number of imide groups is 1. The summed E-state index contributed by atoms with van der Waals surface area (Å²) in [6.07, 6.45) is 2.81. The number of carbonyl (C=O) groups is 3. The van der Waals surface area contributed by atoms with Crippen LogP contribution in [0.15, 0.2) is 45.8 Å². The number of anilines is 2. The smallest absolute Gasteiger partial charge is 0.294 e. The van der Waals surface area contributed by atoms with Gasteiger partial charge in [-0.1, -0.05) is 22.9 Å². The summed E-state index contributed by atoms with van der Waals surface area (Å²) in [5.74, 6) is -0.481. The van der Waals surface area contributed by atoms with Gasteiger partial charge in [-0.2, -0.15) is 0 Å². The molecule has 8 heteroatoms. The molecule has 4 rings (SSSR count). The molecule has 178 valence electrons. The molecule has 1 atom stereocenters. The van der Waals surface area contributed by atoms with E-state index in [1.54, 1.807) is 30.3 Å². The summed E-state index contributed by atoms with van der Waals surface area (Å²) in [7, 11) is 2.12. The Labute approximate surface area is 212 Å². The highest BCUT2D eigenvalue weighted by atomic mass is 79.9. The van der Waals surface area contributed by atoms with Crippen molar-refractivity contribution in [2.75, 3.05) is 23.8 Å². The molecule has 2 aliphatic heterocycles. The Morgan fingerprint density at radius 3 is 2.59 bits per heavy atom. The van der Waals surface area contributed by atoms with Crippen molar-refractivity contribution in [1.29, 1.82) is 0 Å². The van der Waals surface area contributed by atoms with Crippen molar-refractivity contribution in [1.82, 2.24) is 4.90 Å². The first-order chi connectivity index (χ1) is 16.0. The summed E-state index contributed by atoms with van der Waals surface area (Å²) in [5.41, 5.74) is 5.07. The fourth-order valence-electron chi connectivity index (χ4n) is 4.54. The van der Waals surface area contributed by atoms with Crippen LogP contribution in [0, 0.1) is 6.92 Å². The van der Waals surface area contributed by atoms with Crippen LogP contribution in [0.4, 0.5) is 16.2 Å². The minimum absolute atomic E-state index is 0.0693. The van der Waals surface area contributed by atoms with Gasteiger partial charge in [0.25, 0.3) is 11.1 Å². The molecule has 0 aliphatic carbocycles. The van der Waals surface area contributed by atoms with Gasteiger partial charge in [0, 0.05) is 28.4 Å². The summed E-state index contributed by atoms with van der Waals surface area (Å²) in [6.45, 7) is 8.42. The Morgan fingerprint density at radius 1 is 1.24 bits per heavy atom. The van der Waals surface area contributed by atoms with Crippen molar-refractivity contribution in [2.45, 2.75) is 45.6 Å². The summed E-state index contributed by atoms with van der Waals surface area (Å²) < 4.78 is 0.892. The van der Waals surface area contributed by atoms with E-state index in [-0.39, 0.29) is 12.1 Å². The van der Waals surface area contributed by atoms with Crippen molar-refractivity contribution in [3.05, 3.63) is 62.5 Å². The van der Waals surface area contributed by atoms with E-state index in [2.05, 4.69) is 66.1 Å². The van der Waals surface area contributed by atoms with E-state index in [0.29, 0.717) is 16.5 Å². The van der Waals surface area contributed by atoms with Crippen molar-refractivity contribution < 1.29 is 14.4 Å². The van der Waals surface area contributed by atoms with Gasteiger partial charge in [-0.3, -0.25) is 19.3 Å². The molecule has 1 fully saturated rings. The normalized spacial score (nSPS) is 20.6. The second kappa shape index (κ2) is 9.23. The van der Waals surface area contributed by atoms with Gasteiger partial charge in [0.2, 0.25) is 5.91 Å². The van der Waals surface area contributed by atoms with Gasteiger partial charge in [0.15, 0.2) is 0 Å². The highest BCUT2D eigenvalue weighted by molar-refractivity contribution is 9.10. The molecule has 1 saturated heterocycles. The zero-order valence-corrected chi connectivity index (χ0v) is 22.3. The number of rotatable bonds is 4. The lowest BCUT2D eigenvalue weighted by atomic mass is 9.79. The molecule has 0 spiro atoms. The second-order valence-electron chi connectivity index (χ2n) is 9.57. The Balaban J connectivity index is 1.54. The third-order valence-electron chi connectivity index (χ3n) is 6.61. The molecule has 6 nitrogen and oxygen atoms in total. The van der Waals surface area contributed by atoms with Crippen molar-refractivity contribution in [3.8, 4) is 0 Å². The van der Waals surface area contributed by atoms with Crippen LogP contribution >= 0.6 is 27.7 Å². The fraction of sp³-hybridized carbons (Fsp3) is 0.346. The third kappa shape index (κ3) is 4.79. The Bertz CT molecular complexity index is 1210. The molecule has 0 aromatic heterocycles. The minimum Gasteiger partial charge on any atom is -0.369 e. The molecule has 0 saturated carbocycles. The third-order valence-corrected chi connectivity index (χ3v) is 8.05. The Morgan fingerprint density at radius 2 is 1.91 bits per heavy atom. The van der Waals surface area contributed by atoms with Crippen LogP contribution in [0.1, 0.15) is 49.8 Å². The number of nitrogens with zero attached hydrogens (tertiary/aromatic N) is 2. The van der Waals surface area contributed by atoms with Gasteiger partial charge in [-0.25, -0.2) is 0 Å². The maximum Gasteiger partial charge on any atom is 0.294 e. The number of aryl methyl sites for hydroxylation is 1. The number of halogens is 1. The van der Waals surface area contributed by atoms with Crippen LogP contribution in [0.5, 0.6) is 0 Å². The van der Waals surface area contributed by atoms with Gasteiger partial charge in [0.1, 0.15) is 6.54 Å². The SMILES string of the molecule is Cc1cc2c(cc1/C=C1/SC(=O)N(CC(=O)Nc3ccc(Br)cc3)C1=O)C(C)CC(C)(C)N2C. The maximum absolute atomic E-state index is 13.0. The van der Waals surface area contributed by atoms with E-state index in [1.807, 2.05) is 6.92 Å². The highest BCUT2D eigenvalue weighted by Crippen LogP contribution is 2.44. The first kappa shape index (κ1) is 24.5. The van der Waals surface area contributed by atoms with Gasteiger partial charge < -0.3 is 10.2 Å². The topological polar surface area (TPSA) is 69.7 Å². The monoisotopic (exact) mass is 541 g/mol. The number of hydrogen-bond acceptors (Lipinski definition) is 5. The highest BCUT2D eigenvalue weighted by Gasteiger charge is 2.37. The van der Waals surface area contributed by atoms with E-state index in [4.69, 9.17) is 0 Å². The predicted molar refractivity (Wildman–Crippen MR) is 142 cm³/mol. The van der Waals surface area contributed by atoms with Crippen LogP contribution in [-0.2, 0) is 9.59 Å². The molecule has 2 aliphatic rings. The van der Waals surface area contributed by atoms with E-state index < -0.39 is 17.1 Å². The first-order valence-corrected chi connectivity index (χ1v) is 12.8. The van der Waals surface area contributed by atoms with Gasteiger partial charge in [-0.15, -0.1) is 0 Å². The second-order valence-corrected chi connectivity index (χ2v) is 11.5. The van der Waals surface area contributed by atoms with E-state index in [9.17, 15) is 14.4 Å². The quantitative estimate of drug-likeness (QED) is 0.469.